The van der Waals surface area contributed by atoms with Crippen LogP contribution in [0.4, 0.5) is 13.2 Å². The van der Waals surface area contributed by atoms with Gasteiger partial charge in [0.05, 0.1) is 5.92 Å². The van der Waals surface area contributed by atoms with E-state index in [0.717, 1.165) is 4.90 Å². The molecule has 0 aliphatic carbocycles. The van der Waals surface area contributed by atoms with E-state index >= 15 is 0 Å². The maximum atomic E-state index is 12.3. The molecular formula is C10H14F3NO3. The van der Waals surface area contributed by atoms with Crippen LogP contribution in [0.25, 0.3) is 0 Å². The highest BCUT2D eigenvalue weighted by Crippen LogP contribution is 2.31. The molecule has 1 amide bonds. The van der Waals surface area contributed by atoms with E-state index in [0.29, 0.717) is 0 Å². The van der Waals surface area contributed by atoms with Crippen LogP contribution in [-0.2, 0) is 9.59 Å². The summed E-state index contributed by atoms with van der Waals surface area (Å²) in [6, 6.07) is -1.43. The minimum Gasteiger partial charge on any atom is -0.481 e. The number of rotatable bonds is 1. The second-order valence-corrected chi connectivity index (χ2v) is 4.41. The number of carboxylic acid groups (broad SMARTS) is 1. The van der Waals surface area contributed by atoms with Crippen LogP contribution in [0.3, 0.4) is 0 Å². The van der Waals surface area contributed by atoms with Crippen molar-refractivity contribution in [3.8, 4) is 0 Å². The molecule has 7 heteroatoms. The number of carbonyl (C=O) groups excluding carboxylic acids is 1. The van der Waals surface area contributed by atoms with Gasteiger partial charge in [-0.2, -0.15) is 13.2 Å². The normalized spacial score (nSPS) is 30.2. The first-order valence-electron chi connectivity index (χ1n) is 5.27. The zero-order chi connectivity index (χ0) is 13.4. The fourth-order valence-electron chi connectivity index (χ4n) is 2.33. The van der Waals surface area contributed by atoms with Crippen molar-refractivity contribution in [2.75, 3.05) is 0 Å². The summed E-state index contributed by atoms with van der Waals surface area (Å²) in [6.07, 6.45) is -4.79. The molecule has 3 atom stereocenters. The molecule has 0 radical (unpaired) electrons. The first-order valence-corrected chi connectivity index (χ1v) is 5.27. The van der Waals surface area contributed by atoms with Crippen LogP contribution in [0.2, 0.25) is 0 Å². The molecule has 0 saturated carbocycles. The van der Waals surface area contributed by atoms with Crippen molar-refractivity contribution in [1.29, 1.82) is 0 Å². The fraction of sp³-hybridized carbons (Fsp3) is 0.800. The molecule has 4 nitrogen and oxygen atoms in total. The van der Waals surface area contributed by atoms with Gasteiger partial charge >= 0.3 is 18.1 Å². The van der Waals surface area contributed by atoms with Gasteiger partial charge in [-0.05, 0) is 26.7 Å². The van der Waals surface area contributed by atoms with Crippen LogP contribution in [-0.4, -0.2) is 40.1 Å². The molecule has 1 aliphatic heterocycles. The van der Waals surface area contributed by atoms with Gasteiger partial charge in [-0.3, -0.25) is 9.59 Å². The number of nitrogens with zero attached hydrogens (tertiary/aromatic N) is 1. The molecule has 1 unspecified atom stereocenters. The summed E-state index contributed by atoms with van der Waals surface area (Å²) in [5.41, 5.74) is 0. The number of carboxylic acids is 1. The van der Waals surface area contributed by atoms with Gasteiger partial charge in [0.1, 0.15) is 0 Å². The number of piperidine rings is 1. The Balaban J connectivity index is 2.84. The highest BCUT2D eigenvalue weighted by Gasteiger charge is 2.48. The number of likely N-dealkylation sites (tertiary alicyclic amines) is 1. The quantitative estimate of drug-likeness (QED) is 0.773. The first kappa shape index (κ1) is 13.8. The van der Waals surface area contributed by atoms with Gasteiger partial charge in [-0.25, -0.2) is 0 Å². The lowest BCUT2D eigenvalue weighted by Crippen LogP contribution is -2.55. The molecule has 0 aromatic rings. The summed E-state index contributed by atoms with van der Waals surface area (Å²) in [7, 11) is 0. The standard InChI is InChI=1S/C10H14F3NO3/c1-5-3-7(8(15)16)4-6(2)14(5)9(17)10(11,12)13/h5-7H,3-4H2,1-2H3,(H,15,16)/t5-,6+,7?. The van der Waals surface area contributed by atoms with Crippen LogP contribution in [0.5, 0.6) is 0 Å². The number of carbonyl (C=O) groups is 2. The van der Waals surface area contributed by atoms with Crippen LogP contribution < -0.4 is 0 Å². The van der Waals surface area contributed by atoms with E-state index in [1.165, 1.54) is 13.8 Å². The summed E-state index contributed by atoms with van der Waals surface area (Å²) >= 11 is 0. The second kappa shape index (κ2) is 4.54. The molecule has 1 saturated heterocycles. The van der Waals surface area contributed by atoms with Gasteiger partial charge in [0.15, 0.2) is 0 Å². The average Bonchev–Trinajstić information content (AvgIpc) is 2.14. The van der Waals surface area contributed by atoms with Gasteiger partial charge in [0, 0.05) is 12.1 Å². The number of hydrogen-bond acceptors (Lipinski definition) is 2. The van der Waals surface area contributed by atoms with E-state index < -0.39 is 36.1 Å². The Morgan fingerprint density at radius 2 is 1.59 bits per heavy atom. The molecule has 0 aromatic carbocycles. The third kappa shape index (κ3) is 2.89. The Bertz CT molecular complexity index is 317. The molecule has 1 fully saturated rings. The van der Waals surface area contributed by atoms with Gasteiger partial charge in [0.2, 0.25) is 0 Å². The van der Waals surface area contributed by atoms with Crippen LogP contribution in [0, 0.1) is 5.92 Å². The van der Waals surface area contributed by atoms with Crippen molar-refractivity contribution >= 4 is 11.9 Å². The van der Waals surface area contributed by atoms with Gasteiger partial charge < -0.3 is 10.0 Å². The second-order valence-electron chi connectivity index (χ2n) is 4.41. The van der Waals surface area contributed by atoms with Crippen molar-refractivity contribution < 1.29 is 27.9 Å². The lowest BCUT2D eigenvalue weighted by Gasteiger charge is -2.41. The van der Waals surface area contributed by atoms with E-state index in [2.05, 4.69) is 0 Å². The molecule has 0 aromatic heterocycles. The summed E-state index contributed by atoms with van der Waals surface area (Å²) in [5, 5.41) is 8.83. The molecule has 1 heterocycles. The maximum absolute atomic E-state index is 12.3. The fourth-order valence-corrected chi connectivity index (χ4v) is 2.33. The Morgan fingerprint density at radius 3 is 1.88 bits per heavy atom. The SMILES string of the molecule is C[C@@H]1CC(C(=O)O)C[C@H](C)N1C(=O)C(F)(F)F. The van der Waals surface area contributed by atoms with Crippen LogP contribution in [0.15, 0.2) is 0 Å². The Kier molecular flexibility index (Phi) is 3.68. The third-order valence-electron chi connectivity index (χ3n) is 3.03. The Labute approximate surface area is 96.4 Å². The number of alkyl halides is 3. The topological polar surface area (TPSA) is 57.6 Å². The Morgan fingerprint density at radius 1 is 1.18 bits per heavy atom. The first-order chi connectivity index (χ1) is 7.64. The number of amides is 1. The molecule has 1 N–H and O–H groups in total. The predicted molar refractivity (Wildman–Crippen MR) is 52.2 cm³/mol. The Hall–Kier alpha value is -1.27. The summed E-state index contributed by atoms with van der Waals surface area (Å²) in [6.45, 7) is 2.88. The number of hydrogen-bond donors (Lipinski definition) is 1. The van der Waals surface area contributed by atoms with Crippen molar-refractivity contribution in [2.45, 2.75) is 44.9 Å². The van der Waals surface area contributed by atoms with Crippen molar-refractivity contribution in [3.05, 3.63) is 0 Å². The average molecular weight is 253 g/mol. The largest absolute Gasteiger partial charge is 0.481 e. The molecule has 1 rings (SSSR count). The van der Waals surface area contributed by atoms with Crippen molar-refractivity contribution in [3.63, 3.8) is 0 Å². The lowest BCUT2D eigenvalue weighted by atomic mass is 9.87. The van der Waals surface area contributed by atoms with Crippen molar-refractivity contribution in [1.82, 2.24) is 4.90 Å². The summed E-state index contributed by atoms with van der Waals surface area (Å²) in [5.74, 6) is -3.60. The van der Waals surface area contributed by atoms with E-state index in [4.69, 9.17) is 5.11 Å². The smallest absolute Gasteiger partial charge is 0.471 e. The highest BCUT2D eigenvalue weighted by molar-refractivity contribution is 5.83. The zero-order valence-corrected chi connectivity index (χ0v) is 9.49. The molecule has 17 heavy (non-hydrogen) atoms. The van der Waals surface area contributed by atoms with E-state index in [1.807, 2.05) is 0 Å². The maximum Gasteiger partial charge on any atom is 0.471 e. The third-order valence-corrected chi connectivity index (χ3v) is 3.03. The molecule has 0 spiro atoms. The van der Waals surface area contributed by atoms with E-state index in [1.54, 1.807) is 0 Å². The van der Waals surface area contributed by atoms with Gasteiger partial charge in [-0.15, -0.1) is 0 Å². The minimum atomic E-state index is -4.90. The van der Waals surface area contributed by atoms with Gasteiger partial charge in [-0.1, -0.05) is 0 Å². The van der Waals surface area contributed by atoms with E-state index in [-0.39, 0.29) is 12.8 Å². The van der Waals surface area contributed by atoms with Crippen molar-refractivity contribution in [2.24, 2.45) is 5.92 Å². The van der Waals surface area contributed by atoms with Crippen LogP contribution in [0.1, 0.15) is 26.7 Å². The number of aliphatic carboxylic acids is 1. The predicted octanol–water partition coefficient (Wildman–Crippen LogP) is 1.65. The van der Waals surface area contributed by atoms with Crippen LogP contribution >= 0.6 is 0 Å². The van der Waals surface area contributed by atoms with E-state index in [9.17, 15) is 22.8 Å². The summed E-state index contributed by atoms with van der Waals surface area (Å²) < 4.78 is 37.0. The number of halogens is 3. The molecular weight excluding hydrogens is 239 g/mol. The monoisotopic (exact) mass is 253 g/mol. The lowest BCUT2D eigenvalue weighted by molar-refractivity contribution is -0.193. The van der Waals surface area contributed by atoms with Gasteiger partial charge in [0.25, 0.3) is 0 Å². The minimum absolute atomic E-state index is 0.0570. The summed E-state index contributed by atoms with van der Waals surface area (Å²) in [4.78, 5) is 22.7. The molecule has 0 bridgehead atoms. The zero-order valence-electron chi connectivity index (χ0n) is 9.49. The highest BCUT2D eigenvalue weighted by atomic mass is 19.4. The molecule has 1 aliphatic rings. The molecule has 98 valence electrons.